The molecule has 384 valence electrons. The van der Waals surface area contributed by atoms with E-state index in [0.29, 0.717) is 0 Å². The van der Waals surface area contributed by atoms with E-state index in [1.807, 2.05) is 0 Å². The molecule has 0 unspecified atom stereocenters. The molecule has 0 fully saturated rings. The Bertz CT molecular complexity index is 3210. The van der Waals surface area contributed by atoms with Gasteiger partial charge in [0.1, 0.15) is 40.5 Å². The quantitative estimate of drug-likeness (QED) is 0.0159. The Balaban J connectivity index is 0.00000593. The number of anilines is 10. The third-order valence-corrected chi connectivity index (χ3v) is 13.0. The smallest absolute Gasteiger partial charge is 0.744 e. The van der Waals surface area contributed by atoms with Crippen molar-refractivity contribution < 1.29 is 131 Å². The van der Waals surface area contributed by atoms with Gasteiger partial charge >= 0.3 is 59.1 Å². The van der Waals surface area contributed by atoms with Crippen LogP contribution in [0.5, 0.6) is 0 Å². The molecule has 0 bridgehead atoms. The van der Waals surface area contributed by atoms with Crippen LogP contribution in [0.1, 0.15) is 11.1 Å². The van der Waals surface area contributed by atoms with Crippen LogP contribution in [0.15, 0.2) is 105 Å². The summed E-state index contributed by atoms with van der Waals surface area (Å²) < 4.78 is 146. The molecule has 8 N–H and O–H groups in total. The van der Waals surface area contributed by atoms with Crippen LogP contribution in [-0.2, 0) is 40.5 Å². The number of hydrogen-bond donors (Lipinski definition) is 8. The maximum absolute atomic E-state index is 12.6. The summed E-state index contributed by atoms with van der Waals surface area (Å²) in [5.74, 6) is -1.40. The molecule has 4 aromatic carbocycles. The summed E-state index contributed by atoms with van der Waals surface area (Å²) >= 11 is 0. The number of aliphatic hydroxyl groups is 4. The summed E-state index contributed by atoms with van der Waals surface area (Å²) in [6, 6.07) is 16.1. The number of hydrogen-bond acceptors (Lipinski definition) is 28. The number of nitrogens with one attached hydrogen (secondary N) is 4. The van der Waals surface area contributed by atoms with Crippen LogP contribution in [-0.4, -0.2) is 155 Å². The molecule has 0 aliphatic heterocycles. The topological polar surface area (TPSA) is 442 Å². The molecule has 0 radical (unpaired) electrons. The van der Waals surface area contributed by atoms with Gasteiger partial charge in [-0.25, -0.2) is 33.7 Å². The van der Waals surface area contributed by atoms with Gasteiger partial charge in [-0.3, -0.25) is 0 Å². The molecule has 0 saturated carbocycles. The predicted molar refractivity (Wildman–Crippen MR) is 252 cm³/mol. The molecular weight excluding hydrogens is 1080 g/mol. The van der Waals surface area contributed by atoms with E-state index < -0.39 is 86.5 Å². The maximum atomic E-state index is 12.6. The van der Waals surface area contributed by atoms with Crippen molar-refractivity contribution in [2.24, 2.45) is 0 Å². The molecule has 0 spiro atoms. The molecule has 2 heterocycles. The zero-order valence-corrected chi connectivity index (χ0v) is 46.1. The third-order valence-electron chi connectivity index (χ3n) is 9.57. The summed E-state index contributed by atoms with van der Waals surface area (Å²) in [4.78, 5) is 25.3. The Labute approximate surface area is 467 Å². The Morgan fingerprint density at radius 1 is 0.419 bits per heavy atom. The normalized spacial score (nSPS) is 11.8. The average molecular weight is 1120 g/mol. The van der Waals surface area contributed by atoms with Crippen molar-refractivity contribution in [2.45, 2.75) is 19.6 Å². The minimum absolute atomic E-state index is 0. The Hall–Kier alpha value is -5.08. The molecule has 0 aliphatic rings. The summed E-state index contributed by atoms with van der Waals surface area (Å²) in [6.45, 7) is -1.99. The van der Waals surface area contributed by atoms with E-state index in [2.05, 4.69) is 51.2 Å². The summed E-state index contributed by atoms with van der Waals surface area (Å²) in [6.07, 6.45) is 2.10. The summed E-state index contributed by atoms with van der Waals surface area (Å²) in [5, 5.41) is 49.5. The first kappa shape index (κ1) is 61.5. The average Bonchev–Trinajstić information content (AvgIpc) is 3.30. The molecule has 28 nitrogen and oxygen atoms in total. The van der Waals surface area contributed by atoms with E-state index in [4.69, 9.17) is 0 Å². The fraction of sp³-hybridized carbons (Fsp3) is 0.200. The molecule has 74 heavy (non-hydrogen) atoms. The number of aliphatic hydroxyl groups excluding tert-OH is 4. The van der Waals surface area contributed by atoms with Crippen molar-refractivity contribution in [1.29, 1.82) is 0 Å². The van der Waals surface area contributed by atoms with Crippen LogP contribution in [0.25, 0.3) is 12.2 Å². The van der Waals surface area contributed by atoms with E-state index >= 15 is 0 Å². The van der Waals surface area contributed by atoms with E-state index in [-0.39, 0.29) is 155 Å². The molecule has 0 amide bonds. The van der Waals surface area contributed by atoms with E-state index in [1.165, 1.54) is 46.2 Å². The maximum Gasteiger partial charge on any atom is 1.00 e. The molecular formula is C40H40N12Na2O16S4-2. The SMILES string of the molecule is O=S(=O)([O-])c1cccc(Nc2nc(Nc3ccc(/C=C/c4ccc(Nc5nc(Nc6cccc(S(=O)(=O)[O-])c6)nc(N(CCO)CCO)n5)cc4S(=O)(=O)[O-])c(S(=O)(=O)[O-])c3)nc(N(CCO)CCO)n2)c1.[Na+].[Na+]. The Morgan fingerprint density at radius 2 is 0.716 bits per heavy atom. The first-order chi connectivity index (χ1) is 34.0. The zero-order valence-electron chi connectivity index (χ0n) is 38.8. The van der Waals surface area contributed by atoms with Crippen LogP contribution >= 0.6 is 0 Å². The van der Waals surface area contributed by atoms with Crippen molar-refractivity contribution in [3.05, 3.63) is 96.1 Å². The second-order valence-electron chi connectivity index (χ2n) is 14.6. The first-order valence-electron chi connectivity index (χ1n) is 20.5. The molecule has 6 aromatic rings. The fourth-order valence-electron chi connectivity index (χ4n) is 6.43. The van der Waals surface area contributed by atoms with Crippen molar-refractivity contribution in [2.75, 3.05) is 83.7 Å². The van der Waals surface area contributed by atoms with Gasteiger partial charge in [-0.1, -0.05) is 36.4 Å². The van der Waals surface area contributed by atoms with Crippen LogP contribution in [0.4, 0.5) is 58.4 Å². The summed E-state index contributed by atoms with van der Waals surface area (Å²) in [7, 11) is -20.4. The van der Waals surface area contributed by atoms with Crippen molar-refractivity contribution >= 4 is 111 Å². The predicted octanol–water partition coefficient (Wildman–Crippen LogP) is -5.59. The fourth-order valence-corrected chi connectivity index (χ4v) is 8.85. The van der Waals surface area contributed by atoms with Gasteiger partial charge in [0.05, 0.1) is 46.0 Å². The van der Waals surface area contributed by atoms with Crippen LogP contribution in [0.3, 0.4) is 0 Å². The molecule has 34 heteroatoms. The molecule has 0 saturated heterocycles. The zero-order chi connectivity index (χ0) is 52.4. The largest absolute Gasteiger partial charge is 1.00 e. The number of nitrogens with zero attached hydrogens (tertiary/aromatic N) is 8. The van der Waals surface area contributed by atoms with Gasteiger partial charge in [-0.05, 0) is 71.8 Å². The van der Waals surface area contributed by atoms with Gasteiger partial charge < -0.3 is 69.7 Å². The van der Waals surface area contributed by atoms with Crippen LogP contribution in [0, 0.1) is 0 Å². The van der Waals surface area contributed by atoms with Crippen molar-refractivity contribution in [1.82, 2.24) is 29.9 Å². The van der Waals surface area contributed by atoms with E-state index in [0.717, 1.165) is 60.7 Å². The van der Waals surface area contributed by atoms with Crippen molar-refractivity contribution in [3.8, 4) is 0 Å². The minimum Gasteiger partial charge on any atom is -0.744 e. The monoisotopic (exact) mass is 1120 g/mol. The standard InChI is InChI=1S/C40H44N12O16S4.2Na/c53-17-13-51(14-18-54)39-47-35(41-27-3-1-5-31(21-27)69(57,58)59)45-37(49-39)43-29-11-9-25(33(23-29)71(63,64)65)7-8-26-10-12-30(24-34(26)72(66,67)68)44-38-46-36(48-40(50-38)52(15-19-55)16-20-56)42-28-4-2-6-32(22-28)70(60,61)62;;/h1-12,21-24,53-56H,13-20H2,(H,57,58,59)(H,60,61,62)(H,63,64,65)(H,66,67,68)(H2,41,43,45,47,49)(H2,42,44,46,48,50);;/q;2*+1/p-4/b8-7+;;. The minimum atomic E-state index is -5.31. The Morgan fingerprint density at radius 3 is 0.986 bits per heavy atom. The third kappa shape index (κ3) is 17.2. The van der Waals surface area contributed by atoms with Crippen LogP contribution in [0.2, 0.25) is 0 Å². The van der Waals surface area contributed by atoms with Gasteiger partial charge in [0.2, 0.25) is 35.7 Å². The van der Waals surface area contributed by atoms with Gasteiger partial charge in [0.25, 0.3) is 0 Å². The van der Waals surface area contributed by atoms with Gasteiger partial charge in [0.15, 0.2) is 0 Å². The molecule has 0 atom stereocenters. The molecule has 0 aliphatic carbocycles. The van der Waals surface area contributed by atoms with Gasteiger partial charge in [-0.15, -0.1) is 0 Å². The van der Waals surface area contributed by atoms with E-state index in [1.54, 1.807) is 0 Å². The van der Waals surface area contributed by atoms with Crippen molar-refractivity contribution in [3.63, 3.8) is 0 Å². The molecule has 6 rings (SSSR count). The molecule has 2 aromatic heterocycles. The van der Waals surface area contributed by atoms with Crippen LogP contribution < -0.4 is 90.2 Å². The second-order valence-corrected chi connectivity index (χ2v) is 20.1. The van der Waals surface area contributed by atoms with Gasteiger partial charge in [0, 0.05) is 48.9 Å². The van der Waals surface area contributed by atoms with Gasteiger partial charge in [-0.2, -0.15) is 29.9 Å². The first-order valence-corrected chi connectivity index (χ1v) is 26.1. The summed E-state index contributed by atoms with van der Waals surface area (Å²) in [5.41, 5.74) is -0.656. The number of rotatable bonds is 24. The number of benzene rings is 4. The number of aromatic nitrogens is 6. The van der Waals surface area contributed by atoms with E-state index in [9.17, 15) is 72.3 Å². The second kappa shape index (κ2) is 26.6. The Kier molecular flexibility index (Phi) is 22.1.